The smallest absolute Gasteiger partial charge is 0.200 e. The average molecular weight is 198 g/mol. The molecule has 0 spiro atoms. The summed E-state index contributed by atoms with van der Waals surface area (Å²) in [6.07, 6.45) is 0.250. The van der Waals surface area contributed by atoms with E-state index in [1.54, 1.807) is 0 Å². The third-order valence-electron chi connectivity index (χ3n) is 1.48. The molecule has 0 saturated carbocycles. The van der Waals surface area contributed by atoms with E-state index >= 15 is 0 Å². The van der Waals surface area contributed by atoms with Crippen LogP contribution in [0.1, 0.15) is 12.0 Å². The summed E-state index contributed by atoms with van der Waals surface area (Å²) in [6.45, 7) is -0.0946. The van der Waals surface area contributed by atoms with E-state index in [0.29, 0.717) is 0 Å². The van der Waals surface area contributed by atoms with Crippen LogP contribution in [0.3, 0.4) is 0 Å². The lowest BCUT2D eigenvalue weighted by molar-refractivity contribution is 0.305. The number of halogens is 2. The van der Waals surface area contributed by atoms with Crippen molar-refractivity contribution in [2.75, 3.05) is 6.61 Å². The molecule has 0 aliphatic rings. The van der Waals surface area contributed by atoms with E-state index in [2.05, 4.69) is 11.8 Å². The van der Waals surface area contributed by atoms with Crippen LogP contribution in [0.4, 0.5) is 8.78 Å². The molecule has 4 heteroatoms. The van der Waals surface area contributed by atoms with Crippen LogP contribution >= 0.6 is 0 Å². The molecule has 0 atom stereocenters. The van der Waals surface area contributed by atoms with Gasteiger partial charge in [-0.25, -0.2) is 4.39 Å². The Labute approximate surface area is 79.8 Å². The summed E-state index contributed by atoms with van der Waals surface area (Å²) in [5.41, 5.74) is 0.176. The fourth-order valence-corrected chi connectivity index (χ4v) is 0.867. The molecule has 1 aromatic rings. The van der Waals surface area contributed by atoms with Crippen molar-refractivity contribution in [3.8, 4) is 17.6 Å². The number of hydrogen-bond acceptors (Lipinski definition) is 2. The lowest BCUT2D eigenvalue weighted by atomic mass is 10.2. The summed E-state index contributed by atoms with van der Waals surface area (Å²) in [4.78, 5) is 0. The molecule has 74 valence electrons. The fraction of sp³-hybridized carbons (Fsp3) is 0.200. The van der Waals surface area contributed by atoms with Crippen molar-refractivity contribution in [1.82, 2.24) is 0 Å². The van der Waals surface area contributed by atoms with Crippen molar-refractivity contribution < 1.29 is 19.0 Å². The second-order valence-corrected chi connectivity index (χ2v) is 2.57. The third-order valence-corrected chi connectivity index (χ3v) is 1.48. The standard InChI is InChI=1S/C10H8F2O2/c11-8-5-7(3-1-2-4-13)6-9(14)10(8)12/h5-6,13-14H,2,4H2. The minimum absolute atomic E-state index is 0.0946. The Bertz CT molecular complexity index is 368. The number of hydrogen-bond donors (Lipinski definition) is 2. The number of phenolic OH excluding ortho intramolecular Hbond substituents is 1. The molecule has 2 N–H and O–H groups in total. The van der Waals surface area contributed by atoms with Gasteiger partial charge in [-0.1, -0.05) is 11.8 Å². The summed E-state index contributed by atoms with van der Waals surface area (Å²) in [5, 5.41) is 17.3. The maximum absolute atomic E-state index is 12.7. The molecule has 0 aliphatic heterocycles. The number of phenols is 1. The molecule has 0 heterocycles. The van der Waals surface area contributed by atoms with E-state index in [4.69, 9.17) is 10.2 Å². The van der Waals surface area contributed by atoms with Crippen LogP contribution in [0.5, 0.6) is 5.75 Å². The molecule has 0 fully saturated rings. The SMILES string of the molecule is OCCC#Cc1cc(O)c(F)c(F)c1. The molecule has 0 aromatic heterocycles. The molecule has 1 rings (SSSR count). The quantitative estimate of drug-likeness (QED) is 0.670. The van der Waals surface area contributed by atoms with E-state index in [0.717, 1.165) is 12.1 Å². The number of aliphatic hydroxyl groups excluding tert-OH is 1. The van der Waals surface area contributed by atoms with Crippen molar-refractivity contribution in [2.24, 2.45) is 0 Å². The molecule has 14 heavy (non-hydrogen) atoms. The van der Waals surface area contributed by atoms with Gasteiger partial charge in [0.1, 0.15) is 0 Å². The molecule has 1 aromatic carbocycles. The third kappa shape index (κ3) is 2.44. The van der Waals surface area contributed by atoms with Crippen LogP contribution in [0.15, 0.2) is 12.1 Å². The maximum atomic E-state index is 12.7. The van der Waals surface area contributed by atoms with Gasteiger partial charge in [0.05, 0.1) is 6.61 Å². The Balaban J connectivity index is 2.97. The first-order valence-electron chi connectivity index (χ1n) is 3.93. The normalized spacial score (nSPS) is 9.36. The van der Waals surface area contributed by atoms with Crippen LogP contribution in [0.25, 0.3) is 0 Å². The summed E-state index contributed by atoms with van der Waals surface area (Å²) in [5.74, 6) is 1.82. The van der Waals surface area contributed by atoms with Crippen LogP contribution in [-0.2, 0) is 0 Å². The van der Waals surface area contributed by atoms with E-state index < -0.39 is 17.4 Å². The zero-order valence-corrected chi connectivity index (χ0v) is 7.22. The first kappa shape index (κ1) is 10.5. The molecular formula is C10H8F2O2. The van der Waals surface area contributed by atoms with Gasteiger partial charge in [-0.05, 0) is 12.1 Å². The molecule has 0 saturated heterocycles. The second-order valence-electron chi connectivity index (χ2n) is 2.57. The Kier molecular flexibility index (Phi) is 3.43. The Morgan fingerprint density at radius 3 is 2.57 bits per heavy atom. The molecule has 0 bridgehead atoms. The molecule has 0 aliphatic carbocycles. The Morgan fingerprint density at radius 2 is 2.00 bits per heavy atom. The van der Waals surface area contributed by atoms with Crippen molar-refractivity contribution in [2.45, 2.75) is 6.42 Å². The first-order valence-corrected chi connectivity index (χ1v) is 3.93. The zero-order valence-electron chi connectivity index (χ0n) is 7.22. The fourth-order valence-electron chi connectivity index (χ4n) is 0.867. The lowest BCUT2D eigenvalue weighted by Crippen LogP contribution is -1.87. The topological polar surface area (TPSA) is 40.5 Å². The molecule has 0 unspecified atom stereocenters. The van der Waals surface area contributed by atoms with Crippen molar-refractivity contribution in [3.63, 3.8) is 0 Å². The predicted octanol–water partition coefficient (Wildman–Crippen LogP) is 1.40. The van der Waals surface area contributed by atoms with Crippen molar-refractivity contribution >= 4 is 0 Å². The van der Waals surface area contributed by atoms with Gasteiger partial charge in [0, 0.05) is 12.0 Å². The molecule has 0 amide bonds. The van der Waals surface area contributed by atoms with Crippen molar-refractivity contribution in [3.05, 3.63) is 29.3 Å². The van der Waals surface area contributed by atoms with Crippen molar-refractivity contribution in [1.29, 1.82) is 0 Å². The summed E-state index contributed by atoms with van der Waals surface area (Å²) in [6, 6.07) is 1.92. The summed E-state index contributed by atoms with van der Waals surface area (Å²) in [7, 11) is 0. The number of benzene rings is 1. The minimum Gasteiger partial charge on any atom is -0.505 e. The Hall–Kier alpha value is -1.60. The van der Waals surface area contributed by atoms with Gasteiger partial charge in [-0.15, -0.1) is 0 Å². The van der Waals surface area contributed by atoms with E-state index in [9.17, 15) is 8.78 Å². The van der Waals surface area contributed by atoms with Crippen LogP contribution in [0.2, 0.25) is 0 Å². The van der Waals surface area contributed by atoms with Gasteiger partial charge in [-0.3, -0.25) is 0 Å². The summed E-state index contributed by atoms with van der Waals surface area (Å²) >= 11 is 0. The Morgan fingerprint density at radius 1 is 1.29 bits per heavy atom. The number of aliphatic hydroxyl groups is 1. The molecule has 0 radical (unpaired) electrons. The highest BCUT2D eigenvalue weighted by Gasteiger charge is 2.07. The number of aromatic hydroxyl groups is 1. The highest BCUT2D eigenvalue weighted by molar-refractivity contribution is 5.40. The van der Waals surface area contributed by atoms with Gasteiger partial charge >= 0.3 is 0 Å². The monoisotopic (exact) mass is 198 g/mol. The lowest BCUT2D eigenvalue weighted by Gasteiger charge is -1.97. The predicted molar refractivity (Wildman–Crippen MR) is 46.6 cm³/mol. The largest absolute Gasteiger partial charge is 0.505 e. The van der Waals surface area contributed by atoms with E-state index in [1.807, 2.05) is 0 Å². The average Bonchev–Trinajstić information content (AvgIpc) is 2.14. The maximum Gasteiger partial charge on any atom is 0.200 e. The van der Waals surface area contributed by atoms with Gasteiger partial charge in [-0.2, -0.15) is 4.39 Å². The second kappa shape index (κ2) is 4.58. The van der Waals surface area contributed by atoms with Crippen LogP contribution in [-0.4, -0.2) is 16.8 Å². The van der Waals surface area contributed by atoms with E-state index in [-0.39, 0.29) is 18.6 Å². The van der Waals surface area contributed by atoms with Gasteiger partial charge in [0.25, 0.3) is 0 Å². The minimum atomic E-state index is -1.28. The summed E-state index contributed by atoms with van der Waals surface area (Å²) < 4.78 is 25.3. The van der Waals surface area contributed by atoms with Gasteiger partial charge in [0.2, 0.25) is 0 Å². The highest BCUT2D eigenvalue weighted by Crippen LogP contribution is 2.19. The highest BCUT2D eigenvalue weighted by atomic mass is 19.2. The molecule has 2 nitrogen and oxygen atoms in total. The van der Waals surface area contributed by atoms with Crippen LogP contribution < -0.4 is 0 Å². The van der Waals surface area contributed by atoms with Gasteiger partial charge < -0.3 is 10.2 Å². The molecular weight excluding hydrogens is 190 g/mol. The zero-order chi connectivity index (χ0) is 10.6. The number of rotatable bonds is 1. The van der Waals surface area contributed by atoms with E-state index in [1.165, 1.54) is 0 Å². The first-order chi connectivity index (χ1) is 6.65. The van der Waals surface area contributed by atoms with Gasteiger partial charge in [0.15, 0.2) is 17.4 Å². The van der Waals surface area contributed by atoms with Crippen LogP contribution in [0, 0.1) is 23.5 Å².